The largest absolute Gasteiger partial charge is 0.391 e. The SMILES string of the molecule is O=C(CCCC(=O)P(=O)(O)O)P(=O)(O)O. The van der Waals surface area contributed by atoms with Crippen molar-refractivity contribution in [1.29, 1.82) is 0 Å². The fourth-order valence-electron chi connectivity index (χ4n) is 0.682. The summed E-state index contributed by atoms with van der Waals surface area (Å²) >= 11 is 0. The molecule has 0 aliphatic rings. The molecule has 0 aliphatic heterocycles. The van der Waals surface area contributed by atoms with E-state index in [9.17, 15) is 18.7 Å². The number of hydrogen-bond donors (Lipinski definition) is 4. The van der Waals surface area contributed by atoms with Crippen molar-refractivity contribution >= 4 is 26.2 Å². The zero-order chi connectivity index (χ0) is 12.3. The molecule has 8 nitrogen and oxygen atoms in total. The first-order chi connectivity index (χ1) is 6.55. The maximum Gasteiger partial charge on any atom is 0.391 e. The van der Waals surface area contributed by atoms with Crippen LogP contribution >= 0.6 is 15.2 Å². The minimum Gasteiger partial charge on any atom is -0.319 e. The molecule has 0 heterocycles. The standard InChI is InChI=1S/C5H10O8P2/c6-4(14(8,9)10)2-1-3-5(7)15(11,12)13/h1-3H2,(H2,8,9,10)(H2,11,12,13). The lowest BCUT2D eigenvalue weighted by atomic mass is 10.3. The average molecular weight is 260 g/mol. The van der Waals surface area contributed by atoms with E-state index in [-0.39, 0.29) is 6.42 Å². The second-order valence-corrected chi connectivity index (χ2v) is 5.90. The molecule has 0 saturated carbocycles. The van der Waals surface area contributed by atoms with Crippen LogP contribution in [0.5, 0.6) is 0 Å². The third-order valence-electron chi connectivity index (χ3n) is 1.43. The molecular formula is C5H10O8P2. The molecule has 4 N–H and O–H groups in total. The molecule has 0 rings (SSSR count). The van der Waals surface area contributed by atoms with Crippen molar-refractivity contribution in [2.45, 2.75) is 19.3 Å². The molecule has 0 aromatic heterocycles. The summed E-state index contributed by atoms with van der Waals surface area (Å²) in [5.41, 5.74) is -2.69. The molecule has 0 amide bonds. The smallest absolute Gasteiger partial charge is 0.319 e. The van der Waals surface area contributed by atoms with E-state index in [2.05, 4.69) is 0 Å². The van der Waals surface area contributed by atoms with E-state index in [1.54, 1.807) is 0 Å². The van der Waals surface area contributed by atoms with Crippen molar-refractivity contribution in [1.82, 2.24) is 0 Å². The molecule has 10 heteroatoms. The summed E-state index contributed by atoms with van der Waals surface area (Å²) in [5, 5.41) is 0. The summed E-state index contributed by atoms with van der Waals surface area (Å²) in [5.74, 6) is 0. The lowest BCUT2D eigenvalue weighted by Crippen LogP contribution is -2.02. The Bertz CT molecular complexity index is 314. The first kappa shape index (κ1) is 14.6. The molecule has 88 valence electrons. The van der Waals surface area contributed by atoms with Crippen LogP contribution < -0.4 is 0 Å². The summed E-state index contributed by atoms with van der Waals surface area (Å²) in [6, 6.07) is 0. The van der Waals surface area contributed by atoms with E-state index in [1.807, 2.05) is 0 Å². The van der Waals surface area contributed by atoms with Gasteiger partial charge < -0.3 is 19.6 Å². The van der Waals surface area contributed by atoms with E-state index in [0.717, 1.165) is 0 Å². The molecule has 0 aromatic rings. The van der Waals surface area contributed by atoms with Crippen molar-refractivity contribution in [3.05, 3.63) is 0 Å². The van der Waals surface area contributed by atoms with Crippen LogP contribution in [0.1, 0.15) is 19.3 Å². The van der Waals surface area contributed by atoms with Crippen molar-refractivity contribution < 1.29 is 38.3 Å². The topological polar surface area (TPSA) is 149 Å². The Hall–Kier alpha value is -0.360. The molecule has 0 radical (unpaired) electrons. The Labute approximate surface area is 84.6 Å². The summed E-state index contributed by atoms with van der Waals surface area (Å²) in [7, 11) is -9.60. The highest BCUT2D eigenvalue weighted by atomic mass is 31.2. The zero-order valence-electron chi connectivity index (χ0n) is 7.44. The van der Waals surface area contributed by atoms with Gasteiger partial charge in [-0.1, -0.05) is 0 Å². The zero-order valence-corrected chi connectivity index (χ0v) is 9.23. The summed E-state index contributed by atoms with van der Waals surface area (Å²) in [4.78, 5) is 54.6. The molecule has 0 atom stereocenters. The average Bonchev–Trinajstić information content (AvgIpc) is 2.00. The van der Waals surface area contributed by atoms with Gasteiger partial charge in [-0.3, -0.25) is 18.7 Å². The van der Waals surface area contributed by atoms with E-state index in [0.29, 0.717) is 0 Å². The quantitative estimate of drug-likeness (QED) is 0.469. The normalized spacial score (nSPS) is 12.5. The van der Waals surface area contributed by atoms with Crippen molar-refractivity contribution in [2.75, 3.05) is 0 Å². The van der Waals surface area contributed by atoms with Crippen molar-refractivity contribution in [3.8, 4) is 0 Å². The first-order valence-electron chi connectivity index (χ1n) is 3.73. The minimum absolute atomic E-state index is 0.298. The van der Waals surface area contributed by atoms with Gasteiger partial charge >= 0.3 is 15.2 Å². The Balaban J connectivity index is 4.03. The Morgan fingerprint density at radius 2 is 1.07 bits per heavy atom. The molecule has 15 heavy (non-hydrogen) atoms. The second-order valence-electron chi connectivity index (χ2n) is 2.73. The van der Waals surface area contributed by atoms with Crippen LogP contribution in [0, 0.1) is 0 Å². The molecular weight excluding hydrogens is 250 g/mol. The van der Waals surface area contributed by atoms with Gasteiger partial charge in [0.25, 0.3) is 0 Å². The lowest BCUT2D eigenvalue weighted by molar-refractivity contribution is -0.114. The monoisotopic (exact) mass is 260 g/mol. The molecule has 0 bridgehead atoms. The fourth-order valence-corrected chi connectivity index (χ4v) is 1.58. The fraction of sp³-hybridized carbons (Fsp3) is 0.600. The third kappa shape index (κ3) is 5.94. The molecule has 0 spiro atoms. The minimum atomic E-state index is -4.80. The van der Waals surface area contributed by atoms with Gasteiger partial charge in [-0.25, -0.2) is 0 Å². The van der Waals surface area contributed by atoms with Crippen LogP contribution in [-0.4, -0.2) is 30.6 Å². The van der Waals surface area contributed by atoms with Gasteiger partial charge in [0.2, 0.25) is 11.0 Å². The van der Waals surface area contributed by atoms with E-state index in [1.165, 1.54) is 0 Å². The van der Waals surface area contributed by atoms with Crippen LogP contribution in [0.3, 0.4) is 0 Å². The Kier molecular flexibility index (Phi) is 4.99. The van der Waals surface area contributed by atoms with Gasteiger partial charge in [-0.15, -0.1) is 0 Å². The molecule has 0 fully saturated rings. The van der Waals surface area contributed by atoms with Gasteiger partial charge in [-0.05, 0) is 6.42 Å². The van der Waals surface area contributed by atoms with Gasteiger partial charge in [0.05, 0.1) is 0 Å². The van der Waals surface area contributed by atoms with Gasteiger partial charge in [0.1, 0.15) is 0 Å². The predicted octanol–water partition coefficient (Wildman–Crippen LogP) is -0.435. The van der Waals surface area contributed by atoms with Crippen LogP contribution in [-0.2, 0) is 18.7 Å². The Morgan fingerprint density at radius 3 is 1.27 bits per heavy atom. The van der Waals surface area contributed by atoms with E-state index >= 15 is 0 Å². The van der Waals surface area contributed by atoms with Crippen molar-refractivity contribution in [3.63, 3.8) is 0 Å². The number of carbonyl (C=O) groups excluding carboxylic acids is 2. The maximum atomic E-state index is 10.6. The van der Waals surface area contributed by atoms with Crippen LogP contribution in [0.25, 0.3) is 0 Å². The highest BCUT2D eigenvalue weighted by molar-refractivity contribution is 7.70. The molecule has 0 saturated heterocycles. The summed E-state index contributed by atoms with van der Waals surface area (Å²) < 4.78 is 20.6. The number of hydrogen-bond acceptors (Lipinski definition) is 4. The number of carbonyl (C=O) groups is 2. The van der Waals surface area contributed by atoms with E-state index in [4.69, 9.17) is 19.6 Å². The molecule has 0 aromatic carbocycles. The lowest BCUT2D eigenvalue weighted by Gasteiger charge is -2.03. The highest BCUT2D eigenvalue weighted by Gasteiger charge is 2.28. The first-order valence-corrected chi connectivity index (χ1v) is 6.95. The van der Waals surface area contributed by atoms with E-state index < -0.39 is 39.1 Å². The van der Waals surface area contributed by atoms with Crippen LogP contribution in [0.15, 0.2) is 0 Å². The summed E-state index contributed by atoms with van der Waals surface area (Å²) in [6.45, 7) is 0. The van der Waals surface area contributed by atoms with Crippen LogP contribution in [0.4, 0.5) is 0 Å². The second kappa shape index (κ2) is 5.12. The van der Waals surface area contributed by atoms with Crippen LogP contribution in [0.2, 0.25) is 0 Å². The van der Waals surface area contributed by atoms with Gasteiger partial charge in [0.15, 0.2) is 0 Å². The molecule has 0 aliphatic carbocycles. The van der Waals surface area contributed by atoms with Crippen molar-refractivity contribution in [2.24, 2.45) is 0 Å². The Morgan fingerprint density at radius 1 is 0.800 bits per heavy atom. The summed E-state index contributed by atoms with van der Waals surface area (Å²) in [6.07, 6.45) is -1.47. The molecule has 0 unspecified atom stereocenters. The third-order valence-corrected chi connectivity index (χ3v) is 3.18. The number of rotatable bonds is 6. The van der Waals surface area contributed by atoms with Gasteiger partial charge in [-0.2, -0.15) is 0 Å². The van der Waals surface area contributed by atoms with Gasteiger partial charge in [0, 0.05) is 12.8 Å². The highest BCUT2D eigenvalue weighted by Crippen LogP contribution is 2.40. The predicted molar refractivity (Wildman–Crippen MR) is 48.0 cm³/mol. The maximum absolute atomic E-state index is 10.6.